The van der Waals surface area contributed by atoms with Crippen molar-refractivity contribution in [1.82, 2.24) is 0 Å². The van der Waals surface area contributed by atoms with Gasteiger partial charge in [0.2, 0.25) is 5.52 Å². The second-order valence-electron chi connectivity index (χ2n) is 6.71. The van der Waals surface area contributed by atoms with E-state index in [1.807, 2.05) is 0 Å². The van der Waals surface area contributed by atoms with Gasteiger partial charge in [0, 0.05) is 36.6 Å². The summed E-state index contributed by atoms with van der Waals surface area (Å²) in [6, 6.07) is 19.1. The predicted molar refractivity (Wildman–Crippen MR) is 115 cm³/mol. The van der Waals surface area contributed by atoms with Crippen molar-refractivity contribution in [2.45, 2.75) is 0 Å². The second kappa shape index (κ2) is 7.46. The fourth-order valence-corrected chi connectivity index (χ4v) is 3.45. The third kappa shape index (κ3) is 3.47. The van der Waals surface area contributed by atoms with Crippen LogP contribution in [0, 0.1) is 0 Å². The molecule has 0 saturated heterocycles. The molecule has 2 aromatic carbocycles. The molecule has 4 rings (SSSR count). The first-order chi connectivity index (χ1) is 13.2. The normalized spacial score (nSPS) is 15.3. The lowest BCUT2D eigenvalue weighted by Gasteiger charge is -2.23. The molecule has 0 unspecified atom stereocenters. The van der Waals surface area contributed by atoms with Crippen LogP contribution < -0.4 is 9.47 Å². The Labute approximate surface area is 160 Å². The Morgan fingerprint density at radius 3 is 2.63 bits per heavy atom. The highest BCUT2D eigenvalue weighted by atomic mass is 15.1. The Balaban J connectivity index is 1.56. The molecule has 0 aliphatic carbocycles. The standard InChI is InChI=1S/C25H23N2/c1-26-18-16-20(22-12-6-8-14-24(22)26)10-4-3-5-11-21-17-19-27(2)25-15-9-7-13-23(21)25/h3-19H,1-2H3/q+1. The van der Waals surface area contributed by atoms with E-state index >= 15 is 0 Å². The maximum Gasteiger partial charge on any atom is 0.212 e. The summed E-state index contributed by atoms with van der Waals surface area (Å²) in [7, 11) is 4.16. The minimum Gasteiger partial charge on any atom is -0.351 e. The monoisotopic (exact) mass is 351 g/mol. The van der Waals surface area contributed by atoms with Crippen LogP contribution in [-0.4, -0.2) is 7.05 Å². The molecule has 0 fully saturated rings. The number of pyridine rings is 1. The van der Waals surface area contributed by atoms with E-state index in [1.54, 1.807) is 0 Å². The van der Waals surface area contributed by atoms with E-state index in [1.165, 1.54) is 33.3 Å². The summed E-state index contributed by atoms with van der Waals surface area (Å²) in [6.07, 6.45) is 17.0. The zero-order valence-electron chi connectivity index (χ0n) is 15.7. The van der Waals surface area contributed by atoms with Crippen LogP contribution in [-0.2, 0) is 7.05 Å². The van der Waals surface area contributed by atoms with Crippen molar-refractivity contribution in [3.8, 4) is 0 Å². The molecule has 0 N–H and O–H groups in total. The number of para-hydroxylation sites is 2. The Morgan fingerprint density at radius 1 is 0.889 bits per heavy atom. The molecule has 1 aromatic heterocycles. The molecule has 132 valence electrons. The third-order valence-electron chi connectivity index (χ3n) is 4.92. The van der Waals surface area contributed by atoms with Crippen LogP contribution in [0.1, 0.15) is 11.1 Å². The smallest absolute Gasteiger partial charge is 0.212 e. The first kappa shape index (κ1) is 17.0. The predicted octanol–water partition coefficient (Wildman–Crippen LogP) is 5.28. The van der Waals surface area contributed by atoms with Gasteiger partial charge >= 0.3 is 0 Å². The molecule has 0 radical (unpaired) electrons. The zero-order valence-corrected chi connectivity index (χ0v) is 15.7. The van der Waals surface area contributed by atoms with Gasteiger partial charge in [0.05, 0.1) is 5.39 Å². The first-order valence-corrected chi connectivity index (χ1v) is 9.17. The number of nitrogens with zero attached hydrogens (tertiary/aromatic N) is 2. The van der Waals surface area contributed by atoms with Gasteiger partial charge in [-0.1, -0.05) is 60.7 Å². The van der Waals surface area contributed by atoms with Crippen molar-refractivity contribution in [3.05, 3.63) is 109 Å². The minimum atomic E-state index is 1.23. The van der Waals surface area contributed by atoms with Gasteiger partial charge in [-0.25, -0.2) is 4.57 Å². The van der Waals surface area contributed by atoms with Gasteiger partial charge in [-0.05, 0) is 29.3 Å². The number of benzene rings is 2. The summed E-state index contributed by atoms with van der Waals surface area (Å²) in [5.41, 5.74) is 6.19. The van der Waals surface area contributed by atoms with Crippen molar-refractivity contribution < 1.29 is 4.57 Å². The topological polar surface area (TPSA) is 7.12 Å². The molecular weight excluding hydrogens is 328 g/mol. The molecule has 27 heavy (non-hydrogen) atoms. The van der Waals surface area contributed by atoms with E-state index in [-0.39, 0.29) is 0 Å². The number of fused-ring (bicyclic) bond motifs is 2. The van der Waals surface area contributed by atoms with Crippen molar-refractivity contribution in [1.29, 1.82) is 0 Å². The molecule has 1 aliphatic heterocycles. The van der Waals surface area contributed by atoms with Gasteiger partial charge in [0.15, 0.2) is 6.20 Å². The van der Waals surface area contributed by atoms with E-state index in [2.05, 4.69) is 127 Å². The van der Waals surface area contributed by atoms with Gasteiger partial charge in [-0.3, -0.25) is 0 Å². The van der Waals surface area contributed by atoms with E-state index in [9.17, 15) is 0 Å². The van der Waals surface area contributed by atoms with Crippen LogP contribution in [0.3, 0.4) is 0 Å². The van der Waals surface area contributed by atoms with Crippen molar-refractivity contribution >= 4 is 28.2 Å². The fourth-order valence-electron chi connectivity index (χ4n) is 3.45. The van der Waals surface area contributed by atoms with Crippen molar-refractivity contribution in [3.63, 3.8) is 0 Å². The second-order valence-corrected chi connectivity index (χ2v) is 6.71. The molecule has 1 aliphatic rings. The largest absolute Gasteiger partial charge is 0.351 e. The van der Waals surface area contributed by atoms with Crippen LogP contribution in [0.5, 0.6) is 0 Å². The van der Waals surface area contributed by atoms with Crippen LogP contribution >= 0.6 is 0 Å². The molecule has 2 nitrogen and oxygen atoms in total. The Kier molecular flexibility index (Phi) is 4.71. The van der Waals surface area contributed by atoms with Gasteiger partial charge in [0.1, 0.15) is 7.05 Å². The zero-order chi connectivity index (χ0) is 18.6. The van der Waals surface area contributed by atoms with Gasteiger partial charge in [-0.2, -0.15) is 0 Å². The van der Waals surface area contributed by atoms with Gasteiger partial charge in [0.25, 0.3) is 0 Å². The maximum atomic E-state index is 2.17. The van der Waals surface area contributed by atoms with Gasteiger partial charge in [-0.15, -0.1) is 0 Å². The summed E-state index contributed by atoms with van der Waals surface area (Å²) < 4.78 is 2.15. The minimum absolute atomic E-state index is 1.23. The van der Waals surface area contributed by atoms with Crippen molar-refractivity contribution in [2.75, 3.05) is 11.9 Å². The number of hydrogen-bond acceptors (Lipinski definition) is 1. The van der Waals surface area contributed by atoms with Crippen LogP contribution in [0.4, 0.5) is 5.69 Å². The lowest BCUT2D eigenvalue weighted by molar-refractivity contribution is -0.644. The van der Waals surface area contributed by atoms with E-state index < -0.39 is 0 Å². The summed E-state index contributed by atoms with van der Waals surface area (Å²) in [6.45, 7) is 0. The number of hydrogen-bond donors (Lipinski definition) is 0. The number of aryl methyl sites for hydroxylation is 1. The lowest BCUT2D eigenvalue weighted by atomic mass is 10.00. The van der Waals surface area contributed by atoms with Crippen LogP contribution in [0.15, 0.2) is 97.4 Å². The fraction of sp³-hybridized carbons (Fsp3) is 0.0800. The average Bonchev–Trinajstić information content (AvgIpc) is 2.71. The third-order valence-corrected chi connectivity index (χ3v) is 4.92. The van der Waals surface area contributed by atoms with E-state index in [0.29, 0.717) is 0 Å². The molecule has 2 heteroatoms. The highest BCUT2D eigenvalue weighted by molar-refractivity contribution is 5.87. The van der Waals surface area contributed by atoms with Crippen LogP contribution in [0.25, 0.3) is 22.6 Å². The van der Waals surface area contributed by atoms with Crippen molar-refractivity contribution in [2.24, 2.45) is 7.05 Å². The van der Waals surface area contributed by atoms with E-state index in [4.69, 9.17) is 0 Å². The molecule has 0 amide bonds. The van der Waals surface area contributed by atoms with Crippen LogP contribution in [0.2, 0.25) is 0 Å². The quantitative estimate of drug-likeness (QED) is 0.460. The summed E-state index contributed by atoms with van der Waals surface area (Å²) in [5, 5.41) is 1.26. The molecule has 0 atom stereocenters. The Morgan fingerprint density at radius 2 is 1.70 bits per heavy atom. The average molecular weight is 351 g/mol. The number of anilines is 1. The van der Waals surface area contributed by atoms with E-state index in [0.717, 1.165) is 0 Å². The number of aromatic nitrogens is 1. The highest BCUT2D eigenvalue weighted by Gasteiger charge is 2.11. The Hall–Kier alpha value is -3.39. The molecule has 0 bridgehead atoms. The summed E-state index contributed by atoms with van der Waals surface area (Å²) in [5.74, 6) is 0. The first-order valence-electron chi connectivity index (χ1n) is 9.17. The summed E-state index contributed by atoms with van der Waals surface area (Å²) >= 11 is 0. The lowest BCUT2D eigenvalue weighted by Crippen LogP contribution is -2.28. The molecular formula is C25H23N2+. The Bertz CT molecular complexity index is 1100. The number of allylic oxidation sites excluding steroid dienone is 6. The molecule has 2 heterocycles. The highest BCUT2D eigenvalue weighted by Crippen LogP contribution is 2.31. The van der Waals surface area contributed by atoms with Gasteiger partial charge < -0.3 is 4.90 Å². The SMILES string of the molecule is CN1C=C/C(=C/C=C/C=C/c2cc[n+](C)c3ccccc23)c2ccccc21. The number of rotatable bonds is 3. The molecule has 0 saturated carbocycles. The summed E-state index contributed by atoms with van der Waals surface area (Å²) in [4.78, 5) is 2.15. The molecule has 0 spiro atoms. The molecule has 3 aromatic rings. The maximum absolute atomic E-state index is 2.17.